The molecule has 1 aliphatic heterocycles. The zero-order chi connectivity index (χ0) is 22.0. The van der Waals surface area contributed by atoms with Gasteiger partial charge in [-0.15, -0.1) is 0 Å². The van der Waals surface area contributed by atoms with Crippen LogP contribution in [0, 0.1) is 0 Å². The number of Topliss-reactive ketones (excluding diaryl/α,β-unsaturated/α-hetero) is 1. The molecule has 1 unspecified atom stereocenters. The van der Waals surface area contributed by atoms with E-state index in [1.807, 2.05) is 42.5 Å². The number of ketones is 1. The molecule has 1 fully saturated rings. The zero-order valence-corrected chi connectivity index (χ0v) is 17.4. The van der Waals surface area contributed by atoms with Crippen molar-refractivity contribution < 1.29 is 19.4 Å². The highest BCUT2D eigenvalue weighted by molar-refractivity contribution is 6.51. The number of amides is 1. The summed E-state index contributed by atoms with van der Waals surface area (Å²) in [5.74, 6) is -1.08. The number of aliphatic hydroxyl groups is 1. The number of anilines is 1. The molecule has 3 aromatic rings. The topological polar surface area (TPSA) is 66.8 Å². The van der Waals surface area contributed by atoms with Crippen LogP contribution in [0.2, 0.25) is 0 Å². The van der Waals surface area contributed by atoms with E-state index in [0.717, 1.165) is 12.0 Å². The number of carbonyl (C=O) groups is 2. The van der Waals surface area contributed by atoms with Gasteiger partial charge in [-0.25, -0.2) is 0 Å². The number of hydrogen-bond acceptors (Lipinski definition) is 4. The fourth-order valence-electron chi connectivity index (χ4n) is 3.93. The average molecular weight is 413 g/mol. The zero-order valence-electron chi connectivity index (χ0n) is 17.4. The van der Waals surface area contributed by atoms with E-state index < -0.39 is 17.7 Å². The first-order chi connectivity index (χ1) is 15.1. The Labute approximate surface area is 181 Å². The van der Waals surface area contributed by atoms with Crippen LogP contribution in [-0.2, 0) is 16.0 Å². The molecule has 0 saturated carbocycles. The third-order valence-electron chi connectivity index (χ3n) is 5.55. The van der Waals surface area contributed by atoms with Gasteiger partial charge in [0.1, 0.15) is 11.5 Å². The molecule has 31 heavy (non-hydrogen) atoms. The number of para-hydroxylation sites is 1. The number of aryl methyl sites for hydroxylation is 1. The Hall–Kier alpha value is -3.86. The number of aliphatic hydroxyl groups excluding tert-OH is 1. The molecular formula is C26H23NO4. The lowest BCUT2D eigenvalue weighted by Gasteiger charge is -2.26. The minimum atomic E-state index is -0.816. The predicted octanol–water partition coefficient (Wildman–Crippen LogP) is 4.88. The van der Waals surface area contributed by atoms with E-state index in [9.17, 15) is 14.7 Å². The van der Waals surface area contributed by atoms with Crippen LogP contribution in [-0.4, -0.2) is 23.9 Å². The van der Waals surface area contributed by atoms with E-state index in [4.69, 9.17) is 4.74 Å². The van der Waals surface area contributed by atoms with Crippen LogP contribution in [0.1, 0.15) is 29.7 Å². The smallest absolute Gasteiger partial charge is 0.300 e. The molecule has 0 aliphatic carbocycles. The molecule has 1 N–H and O–H groups in total. The fourth-order valence-corrected chi connectivity index (χ4v) is 3.93. The van der Waals surface area contributed by atoms with Crippen LogP contribution < -0.4 is 9.64 Å². The normalized spacial score (nSPS) is 17.7. The van der Waals surface area contributed by atoms with E-state index in [-0.39, 0.29) is 11.3 Å². The molecule has 0 spiro atoms. The first-order valence-corrected chi connectivity index (χ1v) is 10.1. The van der Waals surface area contributed by atoms with E-state index >= 15 is 0 Å². The molecule has 0 bridgehead atoms. The molecule has 1 amide bonds. The monoisotopic (exact) mass is 413 g/mol. The molecule has 3 aromatic carbocycles. The van der Waals surface area contributed by atoms with Crippen molar-refractivity contribution >= 4 is 23.1 Å². The quantitative estimate of drug-likeness (QED) is 0.368. The summed E-state index contributed by atoms with van der Waals surface area (Å²) in [6, 6.07) is 22.7. The second kappa shape index (κ2) is 8.48. The molecule has 1 saturated heterocycles. The number of benzene rings is 3. The number of carbonyl (C=O) groups excluding carboxylic acids is 2. The summed E-state index contributed by atoms with van der Waals surface area (Å²) in [5, 5.41) is 11.1. The van der Waals surface area contributed by atoms with Crippen molar-refractivity contribution in [2.45, 2.75) is 19.4 Å². The van der Waals surface area contributed by atoms with Gasteiger partial charge in [0.15, 0.2) is 0 Å². The molecule has 5 heteroatoms. The van der Waals surface area contributed by atoms with Crippen molar-refractivity contribution in [2.24, 2.45) is 0 Å². The van der Waals surface area contributed by atoms with Crippen molar-refractivity contribution in [1.29, 1.82) is 0 Å². The first-order valence-electron chi connectivity index (χ1n) is 10.1. The molecular weight excluding hydrogens is 390 g/mol. The van der Waals surface area contributed by atoms with Gasteiger partial charge in [-0.2, -0.15) is 0 Å². The molecule has 156 valence electrons. The molecule has 0 radical (unpaired) electrons. The summed E-state index contributed by atoms with van der Waals surface area (Å²) >= 11 is 0. The maximum atomic E-state index is 13.2. The lowest BCUT2D eigenvalue weighted by molar-refractivity contribution is -0.132. The van der Waals surface area contributed by atoms with Crippen LogP contribution in [0.15, 0.2) is 84.4 Å². The summed E-state index contributed by atoms with van der Waals surface area (Å²) in [5.41, 5.74) is 2.85. The molecule has 1 atom stereocenters. The molecule has 1 aliphatic rings. The first kappa shape index (κ1) is 20.4. The Morgan fingerprint density at radius 1 is 0.935 bits per heavy atom. The Kier molecular flexibility index (Phi) is 5.58. The highest BCUT2D eigenvalue weighted by Crippen LogP contribution is 2.44. The summed E-state index contributed by atoms with van der Waals surface area (Å²) in [4.78, 5) is 27.8. The SMILES string of the molecule is CCc1ccc(N2C(=O)C(=O)/C(=C(\O)c3ccccc3)C2c2ccccc2OC)cc1. The molecule has 4 rings (SSSR count). The van der Waals surface area contributed by atoms with Gasteiger partial charge in [-0.3, -0.25) is 14.5 Å². The van der Waals surface area contributed by atoms with Crippen LogP contribution in [0.25, 0.3) is 5.76 Å². The van der Waals surface area contributed by atoms with E-state index in [1.54, 1.807) is 36.4 Å². The largest absolute Gasteiger partial charge is 0.507 e. The summed E-state index contributed by atoms with van der Waals surface area (Å²) in [7, 11) is 1.54. The maximum Gasteiger partial charge on any atom is 0.300 e. The van der Waals surface area contributed by atoms with E-state index in [2.05, 4.69) is 6.92 Å². The van der Waals surface area contributed by atoms with Gasteiger partial charge < -0.3 is 9.84 Å². The van der Waals surface area contributed by atoms with E-state index in [0.29, 0.717) is 22.6 Å². The second-order valence-electron chi connectivity index (χ2n) is 7.30. The Morgan fingerprint density at radius 3 is 2.23 bits per heavy atom. The minimum absolute atomic E-state index is 0.0419. The average Bonchev–Trinajstić information content (AvgIpc) is 3.09. The Morgan fingerprint density at radius 2 is 1.58 bits per heavy atom. The molecule has 5 nitrogen and oxygen atoms in total. The van der Waals surface area contributed by atoms with Gasteiger partial charge in [0.05, 0.1) is 18.7 Å². The number of hydrogen-bond donors (Lipinski definition) is 1. The van der Waals surface area contributed by atoms with Crippen molar-refractivity contribution in [2.75, 3.05) is 12.0 Å². The summed E-state index contributed by atoms with van der Waals surface area (Å²) in [6.07, 6.45) is 0.864. The third-order valence-corrected chi connectivity index (χ3v) is 5.55. The summed E-state index contributed by atoms with van der Waals surface area (Å²) in [6.45, 7) is 2.05. The van der Waals surface area contributed by atoms with Gasteiger partial charge >= 0.3 is 0 Å². The second-order valence-corrected chi connectivity index (χ2v) is 7.30. The van der Waals surface area contributed by atoms with Crippen molar-refractivity contribution in [1.82, 2.24) is 0 Å². The van der Waals surface area contributed by atoms with Gasteiger partial charge in [0.2, 0.25) is 0 Å². The van der Waals surface area contributed by atoms with Crippen LogP contribution in [0.5, 0.6) is 5.75 Å². The van der Waals surface area contributed by atoms with Crippen molar-refractivity contribution in [3.63, 3.8) is 0 Å². The van der Waals surface area contributed by atoms with Crippen LogP contribution in [0.3, 0.4) is 0 Å². The highest BCUT2D eigenvalue weighted by atomic mass is 16.5. The van der Waals surface area contributed by atoms with Crippen molar-refractivity contribution in [3.05, 3.63) is 101 Å². The van der Waals surface area contributed by atoms with E-state index in [1.165, 1.54) is 12.0 Å². The molecule has 0 aromatic heterocycles. The highest BCUT2D eigenvalue weighted by Gasteiger charge is 2.47. The number of methoxy groups -OCH3 is 1. The fraction of sp³-hybridized carbons (Fsp3) is 0.154. The predicted molar refractivity (Wildman–Crippen MR) is 120 cm³/mol. The lowest BCUT2D eigenvalue weighted by Crippen LogP contribution is -2.29. The van der Waals surface area contributed by atoms with Crippen molar-refractivity contribution in [3.8, 4) is 5.75 Å². The van der Waals surface area contributed by atoms with Gasteiger partial charge in [0.25, 0.3) is 11.7 Å². The van der Waals surface area contributed by atoms with Crippen LogP contribution >= 0.6 is 0 Å². The summed E-state index contributed by atoms with van der Waals surface area (Å²) < 4.78 is 5.53. The maximum absolute atomic E-state index is 13.2. The molecule has 1 heterocycles. The third kappa shape index (κ3) is 3.59. The standard InChI is InChI=1S/C26H23NO4/c1-3-17-13-15-19(16-14-17)27-23(20-11-7-8-12-21(20)31-2)22(25(29)26(27)30)24(28)18-9-5-4-6-10-18/h4-16,23,28H,3H2,1-2H3/b24-22-. The lowest BCUT2D eigenvalue weighted by atomic mass is 9.94. The Bertz CT molecular complexity index is 1150. The van der Waals surface area contributed by atoms with Gasteiger partial charge in [-0.05, 0) is 30.2 Å². The minimum Gasteiger partial charge on any atom is -0.507 e. The van der Waals surface area contributed by atoms with Crippen LogP contribution in [0.4, 0.5) is 5.69 Å². The Balaban J connectivity index is 1.96. The number of rotatable bonds is 5. The number of ether oxygens (including phenoxy) is 1. The van der Waals surface area contributed by atoms with Gasteiger partial charge in [0, 0.05) is 16.8 Å². The number of nitrogens with zero attached hydrogens (tertiary/aromatic N) is 1. The van der Waals surface area contributed by atoms with Gasteiger partial charge in [-0.1, -0.05) is 67.6 Å².